The van der Waals surface area contributed by atoms with Gasteiger partial charge in [-0.3, -0.25) is 0 Å². The van der Waals surface area contributed by atoms with Gasteiger partial charge in [-0.15, -0.1) is 11.3 Å². The number of nitrogens with zero attached hydrogens (tertiary/aromatic N) is 1. The quantitative estimate of drug-likeness (QED) is 0.786. The number of aryl methyl sites for hydroxylation is 2. The van der Waals surface area contributed by atoms with Gasteiger partial charge in [-0.2, -0.15) is 0 Å². The van der Waals surface area contributed by atoms with E-state index >= 15 is 0 Å². The molecule has 2 atom stereocenters. The molecule has 0 aliphatic carbocycles. The molecule has 1 fully saturated rings. The van der Waals surface area contributed by atoms with E-state index in [1.165, 1.54) is 54.4 Å². The van der Waals surface area contributed by atoms with Gasteiger partial charge in [0.1, 0.15) is 0 Å². The fraction of sp³-hybridized carbons (Fsp3) is 0.800. The summed E-state index contributed by atoms with van der Waals surface area (Å²) in [5.74, 6) is 0.901. The molecule has 0 aromatic carbocycles. The predicted molar refractivity (Wildman–Crippen MR) is 82.8 cm³/mol. The van der Waals surface area contributed by atoms with Crippen LogP contribution in [0.4, 0.5) is 0 Å². The van der Waals surface area contributed by atoms with Gasteiger partial charge in [0.15, 0.2) is 0 Å². The Hall–Kier alpha value is -0.450. The molecule has 3 nitrogen and oxygen atoms in total. The van der Waals surface area contributed by atoms with E-state index in [1.54, 1.807) is 0 Å². The van der Waals surface area contributed by atoms with Gasteiger partial charge >= 0.3 is 0 Å². The molecule has 2 N–H and O–H groups in total. The van der Waals surface area contributed by atoms with E-state index in [0.717, 1.165) is 12.5 Å². The summed E-state index contributed by atoms with van der Waals surface area (Å²) in [6, 6.07) is 0.440. The summed E-state index contributed by atoms with van der Waals surface area (Å²) >= 11 is 1.82. The molecule has 2 rings (SSSR count). The summed E-state index contributed by atoms with van der Waals surface area (Å²) in [5, 5.41) is 8.31. The Morgan fingerprint density at radius 2 is 2.32 bits per heavy atom. The molecule has 1 aromatic rings. The molecule has 0 bridgehead atoms. The van der Waals surface area contributed by atoms with Crippen molar-refractivity contribution >= 4 is 11.3 Å². The normalized spacial score (nSPS) is 21.5. The van der Waals surface area contributed by atoms with E-state index < -0.39 is 0 Å². The summed E-state index contributed by atoms with van der Waals surface area (Å²) in [5.41, 5.74) is 1.19. The third-order valence-corrected chi connectivity index (χ3v) is 5.23. The van der Waals surface area contributed by atoms with Gasteiger partial charge in [0, 0.05) is 10.9 Å². The number of aromatic nitrogens is 1. The molecule has 0 saturated carbocycles. The van der Waals surface area contributed by atoms with Crippen LogP contribution in [0.3, 0.4) is 0 Å². The van der Waals surface area contributed by atoms with E-state index in [1.807, 2.05) is 11.3 Å². The first kappa shape index (κ1) is 14.9. The third kappa shape index (κ3) is 4.55. The second kappa shape index (κ2) is 7.36. The van der Waals surface area contributed by atoms with Crippen LogP contribution < -0.4 is 10.6 Å². The third-order valence-electron chi connectivity index (χ3n) is 3.97. The number of nitrogens with one attached hydrogen (secondary N) is 2. The van der Waals surface area contributed by atoms with Crippen LogP contribution in [0, 0.1) is 19.8 Å². The van der Waals surface area contributed by atoms with Crippen molar-refractivity contribution in [1.82, 2.24) is 15.6 Å². The van der Waals surface area contributed by atoms with Crippen molar-refractivity contribution in [3.05, 3.63) is 15.6 Å². The van der Waals surface area contributed by atoms with Crippen molar-refractivity contribution in [2.75, 3.05) is 19.6 Å². The van der Waals surface area contributed by atoms with Crippen molar-refractivity contribution in [3.8, 4) is 0 Å². The van der Waals surface area contributed by atoms with E-state index in [9.17, 15) is 0 Å². The maximum atomic E-state index is 4.50. The Labute approximate surface area is 121 Å². The molecule has 0 radical (unpaired) electrons. The predicted octanol–water partition coefficient (Wildman–Crippen LogP) is 3.19. The Bertz CT molecular complexity index is 383. The van der Waals surface area contributed by atoms with Crippen molar-refractivity contribution in [3.63, 3.8) is 0 Å². The Morgan fingerprint density at radius 3 is 2.95 bits per heavy atom. The SMILES string of the molecule is Cc1nc(C)c(C(C)NCCCC2CCCNC2)s1. The van der Waals surface area contributed by atoms with Gasteiger partial charge in [0.25, 0.3) is 0 Å². The number of hydrogen-bond acceptors (Lipinski definition) is 4. The highest BCUT2D eigenvalue weighted by Crippen LogP contribution is 2.24. The highest BCUT2D eigenvalue weighted by atomic mass is 32.1. The van der Waals surface area contributed by atoms with Gasteiger partial charge in [-0.25, -0.2) is 4.98 Å². The minimum absolute atomic E-state index is 0.440. The lowest BCUT2D eigenvalue weighted by molar-refractivity contribution is 0.346. The second-order valence-corrected chi connectivity index (χ2v) is 6.95. The van der Waals surface area contributed by atoms with Crippen LogP contribution in [-0.2, 0) is 0 Å². The maximum absolute atomic E-state index is 4.50. The fourth-order valence-corrected chi connectivity index (χ4v) is 3.88. The van der Waals surface area contributed by atoms with Crippen LogP contribution in [-0.4, -0.2) is 24.6 Å². The summed E-state index contributed by atoms with van der Waals surface area (Å²) in [6.45, 7) is 10.0. The Balaban J connectivity index is 1.66. The maximum Gasteiger partial charge on any atom is 0.0900 e. The average Bonchev–Trinajstić information content (AvgIpc) is 2.75. The number of thiazole rings is 1. The highest BCUT2D eigenvalue weighted by Gasteiger charge is 2.14. The van der Waals surface area contributed by atoms with Gasteiger partial charge in [-0.1, -0.05) is 0 Å². The van der Waals surface area contributed by atoms with Gasteiger partial charge in [-0.05, 0) is 72.0 Å². The van der Waals surface area contributed by atoms with Gasteiger partial charge < -0.3 is 10.6 Å². The number of piperidine rings is 1. The Morgan fingerprint density at radius 1 is 1.47 bits per heavy atom. The number of hydrogen-bond donors (Lipinski definition) is 2. The lowest BCUT2D eigenvalue weighted by atomic mass is 9.95. The summed E-state index contributed by atoms with van der Waals surface area (Å²) in [4.78, 5) is 5.90. The first-order valence-electron chi connectivity index (χ1n) is 7.55. The van der Waals surface area contributed by atoms with Crippen LogP contribution in [0.2, 0.25) is 0 Å². The molecule has 1 aliphatic heterocycles. The monoisotopic (exact) mass is 281 g/mol. The number of rotatable bonds is 6. The molecule has 108 valence electrons. The first-order chi connectivity index (χ1) is 9.16. The molecular formula is C15H27N3S. The van der Waals surface area contributed by atoms with Crippen molar-refractivity contribution in [2.24, 2.45) is 5.92 Å². The minimum atomic E-state index is 0.440. The summed E-state index contributed by atoms with van der Waals surface area (Å²) < 4.78 is 0. The molecule has 2 heterocycles. The summed E-state index contributed by atoms with van der Waals surface area (Å²) in [7, 11) is 0. The van der Waals surface area contributed by atoms with Crippen LogP contribution in [0.25, 0.3) is 0 Å². The minimum Gasteiger partial charge on any atom is -0.316 e. The first-order valence-corrected chi connectivity index (χ1v) is 8.36. The Kier molecular flexibility index (Phi) is 5.79. The standard InChI is InChI=1S/C15H27N3S/c1-11(15-12(2)18-13(3)19-15)17-9-5-7-14-6-4-8-16-10-14/h11,14,16-17H,4-10H2,1-3H3. The van der Waals surface area contributed by atoms with Crippen LogP contribution in [0.1, 0.15) is 54.2 Å². The van der Waals surface area contributed by atoms with Crippen LogP contribution >= 0.6 is 11.3 Å². The molecule has 1 aromatic heterocycles. The van der Waals surface area contributed by atoms with Crippen LogP contribution in [0.5, 0.6) is 0 Å². The van der Waals surface area contributed by atoms with Gasteiger partial charge in [0.2, 0.25) is 0 Å². The molecule has 4 heteroatoms. The zero-order valence-corrected chi connectivity index (χ0v) is 13.3. The van der Waals surface area contributed by atoms with Crippen molar-refractivity contribution < 1.29 is 0 Å². The van der Waals surface area contributed by atoms with E-state index in [-0.39, 0.29) is 0 Å². The largest absolute Gasteiger partial charge is 0.316 e. The molecule has 1 saturated heterocycles. The molecule has 1 aliphatic rings. The topological polar surface area (TPSA) is 37.0 Å². The average molecular weight is 281 g/mol. The van der Waals surface area contributed by atoms with Crippen LogP contribution in [0.15, 0.2) is 0 Å². The molecule has 0 amide bonds. The molecule has 19 heavy (non-hydrogen) atoms. The van der Waals surface area contributed by atoms with E-state index in [4.69, 9.17) is 0 Å². The van der Waals surface area contributed by atoms with Gasteiger partial charge in [0.05, 0.1) is 10.7 Å². The highest BCUT2D eigenvalue weighted by molar-refractivity contribution is 7.11. The zero-order valence-electron chi connectivity index (χ0n) is 12.5. The fourth-order valence-electron chi connectivity index (χ4n) is 2.92. The smallest absolute Gasteiger partial charge is 0.0900 e. The lowest BCUT2D eigenvalue weighted by Gasteiger charge is -2.23. The lowest BCUT2D eigenvalue weighted by Crippen LogP contribution is -2.30. The van der Waals surface area contributed by atoms with E-state index in [0.29, 0.717) is 6.04 Å². The molecular weight excluding hydrogens is 254 g/mol. The molecule has 2 unspecified atom stereocenters. The second-order valence-electron chi connectivity index (χ2n) is 5.71. The van der Waals surface area contributed by atoms with Crippen molar-refractivity contribution in [2.45, 2.75) is 52.5 Å². The zero-order chi connectivity index (χ0) is 13.7. The molecule has 0 spiro atoms. The van der Waals surface area contributed by atoms with Crippen molar-refractivity contribution in [1.29, 1.82) is 0 Å². The van der Waals surface area contributed by atoms with E-state index in [2.05, 4.69) is 36.4 Å². The summed E-state index contributed by atoms with van der Waals surface area (Å²) in [6.07, 6.45) is 5.41.